The summed E-state index contributed by atoms with van der Waals surface area (Å²) in [5.74, 6) is 0.665. The number of nitrogens with zero attached hydrogens (tertiary/aromatic N) is 3. The number of hydrogen-bond acceptors (Lipinski definition) is 4. The lowest BCUT2D eigenvalue weighted by Gasteiger charge is -2.10. The van der Waals surface area contributed by atoms with Crippen LogP contribution in [0.1, 0.15) is 5.56 Å². The molecular weight excluding hydrogens is 397 g/mol. The van der Waals surface area contributed by atoms with E-state index in [2.05, 4.69) is 10.3 Å². The Hall–Kier alpha value is -3.02. The minimum absolute atomic E-state index is 0.0521. The molecule has 0 saturated heterocycles. The van der Waals surface area contributed by atoms with Crippen LogP contribution < -0.4 is 4.74 Å². The van der Waals surface area contributed by atoms with Crippen molar-refractivity contribution in [3.8, 4) is 28.5 Å². The molecule has 0 aliphatic carbocycles. The highest BCUT2D eigenvalue weighted by Gasteiger charge is 2.10. The topological polar surface area (TPSA) is 60.2 Å². The summed E-state index contributed by atoms with van der Waals surface area (Å²) in [6.45, 7) is 0.520. The Labute approximate surface area is 171 Å². The van der Waals surface area contributed by atoms with Gasteiger partial charge in [-0.1, -0.05) is 64.8 Å². The molecule has 7 heteroatoms. The molecule has 4 rings (SSSR count). The summed E-state index contributed by atoms with van der Waals surface area (Å²) in [6, 6.07) is 19.9. The van der Waals surface area contributed by atoms with Crippen LogP contribution in [0.25, 0.3) is 11.3 Å². The van der Waals surface area contributed by atoms with Gasteiger partial charge in [-0.25, -0.2) is 4.68 Å². The molecule has 5 nitrogen and oxygen atoms in total. The van der Waals surface area contributed by atoms with E-state index < -0.39 is 0 Å². The van der Waals surface area contributed by atoms with E-state index in [4.69, 9.17) is 27.9 Å². The van der Waals surface area contributed by atoms with Gasteiger partial charge >= 0.3 is 0 Å². The zero-order chi connectivity index (χ0) is 19.5. The van der Waals surface area contributed by atoms with E-state index in [1.54, 1.807) is 28.9 Å². The van der Waals surface area contributed by atoms with E-state index >= 15 is 0 Å². The summed E-state index contributed by atoms with van der Waals surface area (Å²) in [7, 11) is 0. The molecule has 1 aromatic heterocycles. The Morgan fingerprint density at radius 3 is 2.46 bits per heavy atom. The van der Waals surface area contributed by atoms with Crippen LogP contribution >= 0.6 is 23.2 Å². The van der Waals surface area contributed by atoms with Crippen LogP contribution in [0, 0.1) is 0 Å². The van der Waals surface area contributed by atoms with Crippen molar-refractivity contribution in [3.63, 3.8) is 0 Å². The van der Waals surface area contributed by atoms with Gasteiger partial charge in [-0.2, -0.15) is 0 Å². The van der Waals surface area contributed by atoms with Crippen molar-refractivity contribution < 1.29 is 9.84 Å². The average molecular weight is 412 g/mol. The molecule has 0 aliphatic heterocycles. The molecule has 0 saturated carbocycles. The summed E-state index contributed by atoms with van der Waals surface area (Å²) in [5, 5.41) is 19.2. The third kappa shape index (κ3) is 4.11. The van der Waals surface area contributed by atoms with E-state index in [-0.39, 0.29) is 11.5 Å². The van der Waals surface area contributed by atoms with Crippen LogP contribution in [0.2, 0.25) is 10.0 Å². The van der Waals surface area contributed by atoms with Crippen LogP contribution in [0.15, 0.2) is 72.9 Å². The largest absolute Gasteiger partial charge is 0.504 e. The fourth-order valence-electron chi connectivity index (χ4n) is 2.72. The summed E-state index contributed by atoms with van der Waals surface area (Å²) in [5.41, 5.74) is 2.77. The molecule has 0 fully saturated rings. The smallest absolute Gasteiger partial charge is 0.169 e. The van der Waals surface area contributed by atoms with Gasteiger partial charge in [-0.15, -0.1) is 5.10 Å². The first kappa shape index (κ1) is 18.3. The minimum Gasteiger partial charge on any atom is -0.504 e. The maximum Gasteiger partial charge on any atom is 0.169 e. The molecule has 0 bridgehead atoms. The van der Waals surface area contributed by atoms with Gasteiger partial charge in [0.1, 0.15) is 11.4 Å². The highest BCUT2D eigenvalue weighted by Crippen LogP contribution is 2.36. The van der Waals surface area contributed by atoms with Gasteiger partial charge in [0, 0.05) is 16.7 Å². The van der Waals surface area contributed by atoms with E-state index in [1.807, 2.05) is 42.6 Å². The second-order valence-electron chi connectivity index (χ2n) is 6.15. The number of aromatic nitrogens is 3. The van der Waals surface area contributed by atoms with E-state index in [9.17, 15) is 5.11 Å². The standard InChI is InChI=1S/C21H15Cl2N3O2/c22-16-7-9-21(19(27)11-16)28-20-8-6-14(10-17(20)23)12-26-13-18(24-25-26)15-4-2-1-3-5-15/h1-11,13,27H,12H2. The predicted molar refractivity (Wildman–Crippen MR) is 109 cm³/mol. The van der Waals surface area contributed by atoms with Gasteiger partial charge < -0.3 is 9.84 Å². The molecule has 0 atom stereocenters. The van der Waals surface area contributed by atoms with Crippen LogP contribution in [0.5, 0.6) is 17.2 Å². The number of halogens is 2. The number of rotatable bonds is 5. The molecule has 140 valence electrons. The van der Waals surface area contributed by atoms with Gasteiger partial charge in [0.2, 0.25) is 0 Å². The maximum atomic E-state index is 9.92. The molecule has 0 spiro atoms. The Kier molecular flexibility index (Phi) is 5.19. The van der Waals surface area contributed by atoms with Gasteiger partial charge in [0.25, 0.3) is 0 Å². The molecular formula is C21H15Cl2N3O2. The molecule has 1 heterocycles. The van der Waals surface area contributed by atoms with Crippen LogP contribution in [-0.2, 0) is 6.54 Å². The van der Waals surface area contributed by atoms with Crippen LogP contribution in [-0.4, -0.2) is 20.1 Å². The number of hydrogen-bond donors (Lipinski definition) is 1. The predicted octanol–water partition coefficient (Wildman–Crippen LogP) is 5.80. The second-order valence-corrected chi connectivity index (χ2v) is 6.99. The number of phenols is 1. The molecule has 0 unspecified atom stereocenters. The van der Waals surface area contributed by atoms with E-state index in [0.717, 1.165) is 16.8 Å². The molecule has 1 N–H and O–H groups in total. The Morgan fingerprint density at radius 2 is 1.71 bits per heavy atom. The first-order valence-corrected chi connectivity index (χ1v) is 9.24. The summed E-state index contributed by atoms with van der Waals surface area (Å²) < 4.78 is 7.44. The van der Waals surface area contributed by atoms with Crippen molar-refractivity contribution in [2.75, 3.05) is 0 Å². The van der Waals surface area contributed by atoms with Crippen LogP contribution in [0.3, 0.4) is 0 Å². The Bertz CT molecular complexity index is 1110. The third-order valence-electron chi connectivity index (χ3n) is 4.09. The zero-order valence-electron chi connectivity index (χ0n) is 14.6. The van der Waals surface area contributed by atoms with E-state index in [0.29, 0.717) is 22.3 Å². The van der Waals surface area contributed by atoms with Gasteiger partial charge in [-0.05, 0) is 29.8 Å². The normalized spacial score (nSPS) is 10.8. The van der Waals surface area contributed by atoms with E-state index in [1.165, 1.54) is 6.07 Å². The van der Waals surface area contributed by atoms with Crippen molar-refractivity contribution in [3.05, 3.63) is 88.5 Å². The van der Waals surface area contributed by atoms with Gasteiger partial charge in [0.15, 0.2) is 11.5 Å². The fourth-order valence-corrected chi connectivity index (χ4v) is 3.13. The molecule has 0 amide bonds. The SMILES string of the molecule is Oc1cc(Cl)ccc1Oc1ccc(Cn2cc(-c3ccccc3)nn2)cc1Cl. The monoisotopic (exact) mass is 411 g/mol. The van der Waals surface area contributed by atoms with Gasteiger partial charge in [0.05, 0.1) is 17.8 Å². The lowest BCUT2D eigenvalue weighted by molar-refractivity contribution is 0.411. The third-order valence-corrected chi connectivity index (χ3v) is 4.62. The quantitative estimate of drug-likeness (QED) is 0.450. The van der Waals surface area contributed by atoms with Crippen molar-refractivity contribution in [2.24, 2.45) is 0 Å². The lowest BCUT2D eigenvalue weighted by Crippen LogP contribution is -2.00. The molecule has 0 radical (unpaired) electrons. The summed E-state index contributed by atoms with van der Waals surface area (Å²) in [6.07, 6.45) is 1.89. The van der Waals surface area contributed by atoms with Crippen molar-refractivity contribution in [2.45, 2.75) is 6.54 Å². The molecule has 4 aromatic rings. The Morgan fingerprint density at radius 1 is 0.929 bits per heavy atom. The highest BCUT2D eigenvalue weighted by molar-refractivity contribution is 6.32. The minimum atomic E-state index is -0.0521. The molecule has 3 aromatic carbocycles. The Balaban J connectivity index is 1.50. The van der Waals surface area contributed by atoms with Crippen molar-refractivity contribution >= 4 is 23.2 Å². The second kappa shape index (κ2) is 7.92. The molecule has 0 aliphatic rings. The number of benzene rings is 3. The fraction of sp³-hybridized carbons (Fsp3) is 0.0476. The number of aromatic hydroxyl groups is 1. The van der Waals surface area contributed by atoms with Crippen LogP contribution in [0.4, 0.5) is 0 Å². The first-order chi connectivity index (χ1) is 13.6. The number of phenolic OH excluding ortho intramolecular Hbond substituents is 1. The summed E-state index contributed by atoms with van der Waals surface area (Å²) in [4.78, 5) is 0. The zero-order valence-corrected chi connectivity index (χ0v) is 16.1. The molecule has 28 heavy (non-hydrogen) atoms. The maximum absolute atomic E-state index is 9.92. The number of ether oxygens (including phenoxy) is 1. The lowest BCUT2D eigenvalue weighted by atomic mass is 10.2. The van der Waals surface area contributed by atoms with Gasteiger partial charge in [-0.3, -0.25) is 0 Å². The average Bonchev–Trinajstić information content (AvgIpc) is 3.15. The summed E-state index contributed by atoms with van der Waals surface area (Å²) >= 11 is 12.2. The van der Waals surface area contributed by atoms with Crippen molar-refractivity contribution in [1.29, 1.82) is 0 Å². The highest BCUT2D eigenvalue weighted by atomic mass is 35.5. The van der Waals surface area contributed by atoms with Crippen molar-refractivity contribution in [1.82, 2.24) is 15.0 Å². The first-order valence-electron chi connectivity index (χ1n) is 8.49.